The van der Waals surface area contributed by atoms with Crippen molar-refractivity contribution in [1.82, 2.24) is 14.9 Å². The number of nitrogens with one attached hydrogen (secondary N) is 1. The largest absolute Gasteiger partial charge is 0.327 e. The SMILES string of the molecule is N#Cc1cnc2c(c1)cc1n2CCNC1. The molecular weight excluding hydrogens is 188 g/mol. The molecule has 1 N–H and O–H groups in total. The molecule has 0 saturated carbocycles. The zero-order chi connectivity index (χ0) is 10.3. The summed E-state index contributed by atoms with van der Waals surface area (Å²) in [6, 6.07) is 6.12. The zero-order valence-corrected chi connectivity index (χ0v) is 8.20. The summed E-state index contributed by atoms with van der Waals surface area (Å²) in [5.74, 6) is 0. The average molecular weight is 198 g/mol. The molecule has 3 rings (SSSR count). The monoisotopic (exact) mass is 198 g/mol. The van der Waals surface area contributed by atoms with Crippen LogP contribution in [0, 0.1) is 11.3 Å². The zero-order valence-electron chi connectivity index (χ0n) is 8.20. The van der Waals surface area contributed by atoms with Crippen LogP contribution in [0.1, 0.15) is 11.3 Å². The summed E-state index contributed by atoms with van der Waals surface area (Å²) in [6.45, 7) is 2.83. The summed E-state index contributed by atoms with van der Waals surface area (Å²) in [7, 11) is 0. The van der Waals surface area contributed by atoms with E-state index in [0.29, 0.717) is 5.56 Å². The van der Waals surface area contributed by atoms with Crippen molar-refractivity contribution in [3.8, 4) is 6.07 Å². The molecule has 0 unspecified atom stereocenters. The average Bonchev–Trinajstić information content (AvgIpc) is 2.66. The number of nitriles is 1. The van der Waals surface area contributed by atoms with Crippen molar-refractivity contribution >= 4 is 11.0 Å². The van der Waals surface area contributed by atoms with E-state index >= 15 is 0 Å². The van der Waals surface area contributed by atoms with Crippen molar-refractivity contribution in [3.05, 3.63) is 29.6 Å². The fourth-order valence-electron chi connectivity index (χ4n) is 2.06. The summed E-state index contributed by atoms with van der Waals surface area (Å²) in [6.07, 6.45) is 1.64. The second kappa shape index (κ2) is 3.07. The Hall–Kier alpha value is -1.86. The van der Waals surface area contributed by atoms with Gasteiger partial charge in [0.2, 0.25) is 0 Å². The smallest absolute Gasteiger partial charge is 0.140 e. The predicted molar refractivity (Wildman–Crippen MR) is 56.2 cm³/mol. The fraction of sp³-hybridized carbons (Fsp3) is 0.273. The minimum atomic E-state index is 0.624. The van der Waals surface area contributed by atoms with E-state index < -0.39 is 0 Å². The Morgan fingerprint density at radius 1 is 1.47 bits per heavy atom. The molecule has 4 nitrogen and oxygen atoms in total. The molecule has 3 heterocycles. The van der Waals surface area contributed by atoms with Crippen LogP contribution in [-0.4, -0.2) is 16.1 Å². The first-order chi connectivity index (χ1) is 7.38. The number of fused-ring (bicyclic) bond motifs is 3. The van der Waals surface area contributed by atoms with Gasteiger partial charge in [0.25, 0.3) is 0 Å². The molecule has 0 aliphatic carbocycles. The molecule has 0 bridgehead atoms. The number of rotatable bonds is 0. The summed E-state index contributed by atoms with van der Waals surface area (Å²) in [4.78, 5) is 4.34. The first kappa shape index (κ1) is 8.45. The molecule has 4 heteroatoms. The Balaban J connectivity index is 2.28. The molecule has 15 heavy (non-hydrogen) atoms. The molecule has 0 saturated heterocycles. The van der Waals surface area contributed by atoms with Gasteiger partial charge in [0.1, 0.15) is 11.7 Å². The van der Waals surface area contributed by atoms with Crippen molar-refractivity contribution in [3.63, 3.8) is 0 Å². The molecular formula is C11H10N4. The molecule has 1 aliphatic rings. The molecule has 74 valence electrons. The lowest BCUT2D eigenvalue weighted by atomic mass is 10.2. The quantitative estimate of drug-likeness (QED) is 0.687. The summed E-state index contributed by atoms with van der Waals surface area (Å²) < 4.78 is 2.22. The lowest BCUT2D eigenvalue weighted by molar-refractivity contribution is 0.524. The Morgan fingerprint density at radius 3 is 3.27 bits per heavy atom. The van der Waals surface area contributed by atoms with Crippen LogP contribution >= 0.6 is 0 Å². The van der Waals surface area contributed by atoms with Gasteiger partial charge in [-0.25, -0.2) is 4.98 Å². The molecule has 0 spiro atoms. The lowest BCUT2D eigenvalue weighted by Crippen LogP contribution is -2.27. The van der Waals surface area contributed by atoms with Gasteiger partial charge in [0.15, 0.2) is 0 Å². The second-order valence-corrected chi connectivity index (χ2v) is 3.71. The maximum absolute atomic E-state index is 8.79. The highest BCUT2D eigenvalue weighted by Gasteiger charge is 2.13. The van der Waals surface area contributed by atoms with Crippen LogP contribution in [0.2, 0.25) is 0 Å². The molecule has 1 aliphatic heterocycles. The van der Waals surface area contributed by atoms with E-state index in [1.165, 1.54) is 5.69 Å². The van der Waals surface area contributed by atoms with Crippen LogP contribution < -0.4 is 5.32 Å². The van der Waals surface area contributed by atoms with Crippen LogP contribution in [0.4, 0.5) is 0 Å². The van der Waals surface area contributed by atoms with E-state index in [1.54, 1.807) is 6.20 Å². The third kappa shape index (κ3) is 1.21. The minimum Gasteiger partial charge on any atom is -0.327 e. The summed E-state index contributed by atoms with van der Waals surface area (Å²) in [5.41, 5.74) is 2.86. The van der Waals surface area contributed by atoms with Gasteiger partial charge < -0.3 is 9.88 Å². The van der Waals surface area contributed by atoms with Crippen molar-refractivity contribution in [1.29, 1.82) is 5.26 Å². The van der Waals surface area contributed by atoms with Crippen LogP contribution in [0.5, 0.6) is 0 Å². The van der Waals surface area contributed by atoms with Crippen molar-refractivity contribution in [2.75, 3.05) is 6.54 Å². The van der Waals surface area contributed by atoms with Crippen LogP contribution in [0.15, 0.2) is 18.3 Å². The first-order valence-corrected chi connectivity index (χ1v) is 4.97. The maximum atomic E-state index is 8.79. The van der Waals surface area contributed by atoms with Gasteiger partial charge in [0, 0.05) is 36.9 Å². The molecule has 0 aromatic carbocycles. The standard InChI is InChI=1S/C11H10N4/c12-5-8-3-9-4-10-7-13-1-2-15(10)11(9)14-6-8/h3-4,6,13H,1-2,7H2. The molecule has 0 amide bonds. The van der Waals surface area contributed by atoms with Crippen LogP contribution in [0.3, 0.4) is 0 Å². The topological polar surface area (TPSA) is 53.6 Å². The van der Waals surface area contributed by atoms with E-state index in [0.717, 1.165) is 30.7 Å². The number of hydrogen-bond donors (Lipinski definition) is 1. The van der Waals surface area contributed by atoms with Gasteiger partial charge in [-0.2, -0.15) is 5.26 Å². The van der Waals surface area contributed by atoms with Gasteiger partial charge in [-0.1, -0.05) is 0 Å². The van der Waals surface area contributed by atoms with Crippen molar-refractivity contribution < 1.29 is 0 Å². The molecule has 0 radical (unpaired) electrons. The van der Waals surface area contributed by atoms with E-state index in [2.05, 4.69) is 27.0 Å². The van der Waals surface area contributed by atoms with Crippen LogP contribution in [0.25, 0.3) is 11.0 Å². The van der Waals surface area contributed by atoms with E-state index in [-0.39, 0.29) is 0 Å². The Kier molecular flexibility index (Phi) is 1.73. The predicted octanol–water partition coefficient (Wildman–Crippen LogP) is 1.01. The number of pyridine rings is 1. The number of nitrogens with zero attached hydrogens (tertiary/aromatic N) is 3. The number of aromatic nitrogens is 2. The van der Waals surface area contributed by atoms with Gasteiger partial charge >= 0.3 is 0 Å². The van der Waals surface area contributed by atoms with Crippen LogP contribution in [-0.2, 0) is 13.1 Å². The van der Waals surface area contributed by atoms with E-state index in [1.807, 2.05) is 6.07 Å². The first-order valence-electron chi connectivity index (χ1n) is 4.97. The normalized spacial score (nSPS) is 14.9. The highest BCUT2D eigenvalue weighted by atomic mass is 15.1. The van der Waals surface area contributed by atoms with Crippen molar-refractivity contribution in [2.24, 2.45) is 0 Å². The highest BCUT2D eigenvalue weighted by molar-refractivity contribution is 5.78. The summed E-state index contributed by atoms with van der Waals surface area (Å²) >= 11 is 0. The third-order valence-corrected chi connectivity index (χ3v) is 2.77. The fourth-order valence-corrected chi connectivity index (χ4v) is 2.06. The second-order valence-electron chi connectivity index (χ2n) is 3.71. The van der Waals surface area contributed by atoms with Crippen molar-refractivity contribution in [2.45, 2.75) is 13.1 Å². The maximum Gasteiger partial charge on any atom is 0.140 e. The van der Waals surface area contributed by atoms with Gasteiger partial charge in [-0.15, -0.1) is 0 Å². The molecule has 0 atom stereocenters. The lowest BCUT2D eigenvalue weighted by Gasteiger charge is -2.16. The Morgan fingerprint density at radius 2 is 2.40 bits per heavy atom. The van der Waals surface area contributed by atoms with Gasteiger partial charge in [0.05, 0.1) is 5.56 Å². The van der Waals surface area contributed by atoms with E-state index in [9.17, 15) is 0 Å². The van der Waals surface area contributed by atoms with Gasteiger partial charge in [-0.05, 0) is 12.1 Å². The Bertz CT molecular complexity index is 562. The Labute approximate surface area is 87.1 Å². The van der Waals surface area contributed by atoms with E-state index in [4.69, 9.17) is 5.26 Å². The molecule has 2 aromatic rings. The minimum absolute atomic E-state index is 0.624. The van der Waals surface area contributed by atoms with Gasteiger partial charge in [-0.3, -0.25) is 0 Å². The number of hydrogen-bond acceptors (Lipinski definition) is 3. The molecule has 0 fully saturated rings. The third-order valence-electron chi connectivity index (χ3n) is 2.77. The molecule has 2 aromatic heterocycles. The highest BCUT2D eigenvalue weighted by Crippen LogP contribution is 2.20. The summed E-state index contributed by atoms with van der Waals surface area (Å²) in [5, 5.41) is 13.2.